The zero-order valence-corrected chi connectivity index (χ0v) is 14.9. The topological polar surface area (TPSA) is 61.8 Å². The molecule has 1 unspecified atom stereocenters. The first-order valence-electron chi connectivity index (χ1n) is 8.90. The van der Waals surface area contributed by atoms with Gasteiger partial charge in [-0.05, 0) is 24.7 Å². The summed E-state index contributed by atoms with van der Waals surface area (Å²) in [5, 5.41) is 24.8. The molecule has 4 rings (SSSR count). The zero-order valence-electron chi connectivity index (χ0n) is 14.9. The molecule has 2 aromatic rings. The van der Waals surface area contributed by atoms with Crippen LogP contribution in [0.25, 0.3) is 11.3 Å². The van der Waals surface area contributed by atoms with Crippen molar-refractivity contribution in [1.82, 2.24) is 9.78 Å². The molecule has 0 saturated heterocycles. The highest BCUT2D eigenvalue weighted by Gasteiger charge is 2.50. The highest BCUT2D eigenvalue weighted by molar-refractivity contribution is 5.66. The zero-order chi connectivity index (χ0) is 17.8. The highest BCUT2D eigenvalue weighted by Crippen LogP contribution is 2.51. The first-order chi connectivity index (χ1) is 12.0. The Hall–Kier alpha value is -2.38. The number of nitrogens with zero attached hydrogens (tertiary/aromatic N) is 3. The van der Waals surface area contributed by atoms with E-state index in [0.29, 0.717) is 11.5 Å². The molecule has 1 heterocycles. The third-order valence-electron chi connectivity index (χ3n) is 6.21. The van der Waals surface area contributed by atoms with Gasteiger partial charge in [0.1, 0.15) is 0 Å². The fourth-order valence-corrected chi connectivity index (χ4v) is 4.96. The third-order valence-corrected chi connectivity index (χ3v) is 6.21. The molecule has 0 amide bonds. The van der Waals surface area contributed by atoms with Crippen molar-refractivity contribution < 1.29 is 5.11 Å². The van der Waals surface area contributed by atoms with Crippen LogP contribution in [-0.4, -0.2) is 21.0 Å². The minimum absolute atomic E-state index is 0.0555. The lowest BCUT2D eigenvalue weighted by atomic mass is 9.57. The van der Waals surface area contributed by atoms with Crippen molar-refractivity contribution in [1.29, 1.82) is 5.26 Å². The van der Waals surface area contributed by atoms with Crippen molar-refractivity contribution in [3.8, 4) is 17.3 Å². The van der Waals surface area contributed by atoms with Gasteiger partial charge in [-0.25, -0.2) is 0 Å². The fourth-order valence-electron chi connectivity index (χ4n) is 4.96. The summed E-state index contributed by atoms with van der Waals surface area (Å²) < 4.78 is 1.98. The van der Waals surface area contributed by atoms with Crippen LogP contribution in [0.4, 0.5) is 0 Å². The quantitative estimate of drug-likeness (QED) is 0.870. The van der Waals surface area contributed by atoms with Crippen LogP contribution in [-0.2, 0) is 18.9 Å². The molecular weight excluding hydrogens is 310 g/mol. The van der Waals surface area contributed by atoms with Gasteiger partial charge in [0.25, 0.3) is 0 Å². The van der Waals surface area contributed by atoms with Crippen molar-refractivity contribution in [2.24, 2.45) is 18.9 Å². The Labute approximate surface area is 148 Å². The maximum atomic E-state index is 10.5. The van der Waals surface area contributed by atoms with Crippen molar-refractivity contribution >= 4 is 0 Å². The number of benzene rings is 1. The van der Waals surface area contributed by atoms with Crippen molar-refractivity contribution in [3.05, 3.63) is 53.2 Å². The number of rotatable bonds is 1. The molecular formula is C21H23N3O. The Morgan fingerprint density at radius 1 is 1.32 bits per heavy atom. The molecule has 128 valence electrons. The van der Waals surface area contributed by atoms with Crippen LogP contribution in [0.15, 0.2) is 42.0 Å². The number of nitriles is 1. The second-order valence-electron chi connectivity index (χ2n) is 7.61. The number of aliphatic hydroxyl groups excluding tert-OH is 1. The van der Waals surface area contributed by atoms with E-state index < -0.39 is 6.10 Å². The van der Waals surface area contributed by atoms with Gasteiger partial charge in [0.2, 0.25) is 0 Å². The summed E-state index contributed by atoms with van der Waals surface area (Å²) in [4.78, 5) is 0. The fraction of sp³-hybridized carbons (Fsp3) is 0.429. The van der Waals surface area contributed by atoms with Crippen molar-refractivity contribution in [2.75, 3.05) is 0 Å². The molecule has 0 saturated carbocycles. The second kappa shape index (κ2) is 5.57. The number of hydrogen-bond acceptors (Lipinski definition) is 3. The lowest BCUT2D eigenvalue weighted by molar-refractivity contribution is 0.0671. The van der Waals surface area contributed by atoms with Crippen LogP contribution in [0.1, 0.15) is 31.5 Å². The average Bonchev–Trinajstić information content (AvgIpc) is 2.96. The normalized spacial score (nSPS) is 30.8. The number of aryl methyl sites for hydroxylation is 1. The molecule has 1 aromatic carbocycles. The molecule has 4 atom stereocenters. The lowest BCUT2D eigenvalue weighted by Crippen LogP contribution is -2.47. The number of aromatic nitrogens is 2. The first kappa shape index (κ1) is 16.1. The van der Waals surface area contributed by atoms with E-state index in [1.165, 1.54) is 16.8 Å². The van der Waals surface area contributed by atoms with E-state index in [9.17, 15) is 10.4 Å². The molecule has 0 radical (unpaired) electrons. The highest BCUT2D eigenvalue weighted by atomic mass is 16.3. The van der Waals surface area contributed by atoms with Crippen LogP contribution >= 0.6 is 0 Å². The summed E-state index contributed by atoms with van der Waals surface area (Å²) in [6.07, 6.45) is 3.27. The minimum Gasteiger partial charge on any atom is -0.387 e. The minimum atomic E-state index is -0.665. The summed E-state index contributed by atoms with van der Waals surface area (Å²) in [6.45, 7) is 4.24. The second-order valence-corrected chi connectivity index (χ2v) is 7.61. The maximum Gasteiger partial charge on any atom is 0.0971 e. The van der Waals surface area contributed by atoms with Crippen LogP contribution < -0.4 is 0 Å². The van der Waals surface area contributed by atoms with Gasteiger partial charge in [-0.3, -0.25) is 4.68 Å². The lowest BCUT2D eigenvalue weighted by Gasteiger charge is -2.46. The molecule has 4 heteroatoms. The molecule has 1 N–H and O–H groups in total. The van der Waals surface area contributed by atoms with E-state index in [2.05, 4.69) is 44.2 Å². The van der Waals surface area contributed by atoms with E-state index in [1.807, 2.05) is 23.9 Å². The number of hydrogen-bond donors (Lipinski definition) is 1. The van der Waals surface area contributed by atoms with Gasteiger partial charge in [0, 0.05) is 23.6 Å². The van der Waals surface area contributed by atoms with E-state index in [0.717, 1.165) is 18.5 Å². The van der Waals surface area contributed by atoms with E-state index in [-0.39, 0.29) is 11.3 Å². The van der Waals surface area contributed by atoms with Gasteiger partial charge in [0.05, 0.1) is 29.1 Å². The molecule has 1 aromatic heterocycles. The van der Waals surface area contributed by atoms with E-state index in [4.69, 9.17) is 5.10 Å². The molecule has 0 spiro atoms. The SMILES string of the molecule is C[C@@H]1C(O)C(C#N)=C[C@]2(C)c3nn(C)c(-c4ccccc4)c3CC[C@@H]12. The average molecular weight is 333 g/mol. The molecule has 0 aliphatic heterocycles. The maximum absolute atomic E-state index is 10.5. The summed E-state index contributed by atoms with van der Waals surface area (Å²) in [6, 6.07) is 12.6. The largest absolute Gasteiger partial charge is 0.387 e. The predicted molar refractivity (Wildman–Crippen MR) is 96.7 cm³/mol. The van der Waals surface area contributed by atoms with E-state index >= 15 is 0 Å². The van der Waals surface area contributed by atoms with Gasteiger partial charge < -0.3 is 5.11 Å². The van der Waals surface area contributed by atoms with Crippen LogP contribution in [0, 0.1) is 23.2 Å². The van der Waals surface area contributed by atoms with Gasteiger partial charge in [-0.2, -0.15) is 10.4 Å². The Balaban J connectivity index is 1.93. The van der Waals surface area contributed by atoms with Gasteiger partial charge in [0.15, 0.2) is 0 Å². The number of allylic oxidation sites excluding steroid dienone is 1. The monoisotopic (exact) mass is 333 g/mol. The molecule has 0 bridgehead atoms. The summed E-state index contributed by atoms with van der Waals surface area (Å²) >= 11 is 0. The first-order valence-corrected chi connectivity index (χ1v) is 8.90. The summed E-state index contributed by atoms with van der Waals surface area (Å²) in [7, 11) is 2.00. The standard InChI is InChI=1S/C21H23N3O/c1-13-17-10-9-16-18(14-7-5-4-6-8-14)24(3)23-20(16)21(17,2)11-15(12-22)19(13)25/h4-8,11,13,17,19,25H,9-10H2,1-3H3/t13-,17-,19?,21-/m0/s1. The summed E-state index contributed by atoms with van der Waals surface area (Å²) in [5.74, 6) is 0.352. The van der Waals surface area contributed by atoms with E-state index in [1.54, 1.807) is 0 Å². The molecule has 25 heavy (non-hydrogen) atoms. The molecule has 4 nitrogen and oxygen atoms in total. The van der Waals surface area contributed by atoms with Crippen LogP contribution in [0.3, 0.4) is 0 Å². The number of fused-ring (bicyclic) bond motifs is 3. The van der Waals surface area contributed by atoms with Crippen molar-refractivity contribution in [2.45, 2.75) is 38.2 Å². The summed E-state index contributed by atoms with van der Waals surface area (Å²) in [5.41, 5.74) is 4.87. The Morgan fingerprint density at radius 3 is 2.72 bits per heavy atom. The smallest absolute Gasteiger partial charge is 0.0971 e. The Morgan fingerprint density at radius 2 is 2.04 bits per heavy atom. The molecule has 2 aliphatic rings. The third kappa shape index (κ3) is 2.19. The van der Waals surface area contributed by atoms with Gasteiger partial charge >= 0.3 is 0 Å². The van der Waals surface area contributed by atoms with Crippen LogP contribution in [0.5, 0.6) is 0 Å². The predicted octanol–water partition coefficient (Wildman–Crippen LogP) is 3.37. The Bertz CT molecular complexity index is 890. The van der Waals surface area contributed by atoms with Gasteiger partial charge in [-0.15, -0.1) is 0 Å². The number of aliphatic hydroxyl groups is 1. The van der Waals surface area contributed by atoms with Crippen molar-refractivity contribution in [3.63, 3.8) is 0 Å². The van der Waals surface area contributed by atoms with Gasteiger partial charge in [-0.1, -0.05) is 50.3 Å². The molecule has 0 fully saturated rings. The molecule has 2 aliphatic carbocycles. The Kier molecular flexibility index (Phi) is 3.59. The van der Waals surface area contributed by atoms with Crippen LogP contribution in [0.2, 0.25) is 0 Å².